The van der Waals surface area contributed by atoms with E-state index in [2.05, 4.69) is 5.32 Å². The topological polar surface area (TPSA) is 54.3 Å². The molecular formula is C17H20N2O2. The number of nitrogens with zero attached hydrogens (tertiary/aromatic N) is 1. The van der Waals surface area contributed by atoms with Crippen molar-refractivity contribution in [3.8, 4) is 5.69 Å². The van der Waals surface area contributed by atoms with E-state index in [1.54, 1.807) is 6.07 Å². The number of rotatable bonds is 3. The molecule has 1 fully saturated rings. The van der Waals surface area contributed by atoms with Gasteiger partial charge in [0, 0.05) is 23.6 Å². The van der Waals surface area contributed by atoms with Crippen LogP contribution in [-0.4, -0.2) is 27.7 Å². The van der Waals surface area contributed by atoms with Crippen LogP contribution in [0.15, 0.2) is 48.8 Å². The standard InChI is InChI=1S/C17H20N2O2/c20-16-9-2-1-8-15(16)18-17(21)13-6-5-7-14(12-13)19-10-3-4-11-19/h3-7,10-12,15-16,20H,1-2,8-9H2,(H,18,21)/t15-,16-/m1/s1. The minimum absolute atomic E-state index is 0.116. The molecule has 2 N–H and O–H groups in total. The van der Waals surface area contributed by atoms with E-state index < -0.39 is 6.10 Å². The van der Waals surface area contributed by atoms with Crippen molar-refractivity contribution in [3.05, 3.63) is 54.4 Å². The zero-order valence-electron chi connectivity index (χ0n) is 11.9. The van der Waals surface area contributed by atoms with E-state index in [9.17, 15) is 9.90 Å². The molecule has 0 bridgehead atoms. The van der Waals surface area contributed by atoms with E-state index in [0.29, 0.717) is 5.56 Å². The highest BCUT2D eigenvalue weighted by Crippen LogP contribution is 2.19. The molecule has 0 spiro atoms. The minimum atomic E-state index is -0.421. The molecule has 0 unspecified atom stereocenters. The smallest absolute Gasteiger partial charge is 0.251 e. The van der Waals surface area contributed by atoms with Gasteiger partial charge in [-0.2, -0.15) is 0 Å². The molecule has 4 heteroatoms. The van der Waals surface area contributed by atoms with Gasteiger partial charge in [0.1, 0.15) is 0 Å². The number of benzene rings is 1. The van der Waals surface area contributed by atoms with Crippen molar-refractivity contribution in [1.29, 1.82) is 0 Å². The molecule has 2 aromatic rings. The van der Waals surface area contributed by atoms with E-state index in [1.807, 2.05) is 47.3 Å². The maximum atomic E-state index is 12.3. The van der Waals surface area contributed by atoms with Crippen LogP contribution in [0.4, 0.5) is 0 Å². The van der Waals surface area contributed by atoms with E-state index in [1.165, 1.54) is 0 Å². The average Bonchev–Trinajstić information content (AvgIpc) is 3.04. The van der Waals surface area contributed by atoms with Crippen LogP contribution in [0.3, 0.4) is 0 Å². The lowest BCUT2D eigenvalue weighted by atomic mass is 9.92. The molecule has 0 saturated heterocycles. The van der Waals surface area contributed by atoms with Gasteiger partial charge >= 0.3 is 0 Å². The van der Waals surface area contributed by atoms with Crippen molar-refractivity contribution in [3.63, 3.8) is 0 Å². The highest BCUT2D eigenvalue weighted by Gasteiger charge is 2.24. The number of carbonyl (C=O) groups is 1. The summed E-state index contributed by atoms with van der Waals surface area (Å²) >= 11 is 0. The summed E-state index contributed by atoms with van der Waals surface area (Å²) in [7, 11) is 0. The van der Waals surface area contributed by atoms with Crippen molar-refractivity contribution in [1.82, 2.24) is 9.88 Å². The summed E-state index contributed by atoms with van der Waals surface area (Å²) in [6, 6.07) is 11.3. The predicted molar refractivity (Wildman–Crippen MR) is 81.5 cm³/mol. The van der Waals surface area contributed by atoms with Gasteiger partial charge in [-0.1, -0.05) is 18.9 Å². The van der Waals surface area contributed by atoms with E-state index in [0.717, 1.165) is 31.4 Å². The van der Waals surface area contributed by atoms with Gasteiger partial charge in [0.25, 0.3) is 5.91 Å². The van der Waals surface area contributed by atoms with Crippen LogP contribution in [-0.2, 0) is 0 Å². The van der Waals surface area contributed by atoms with E-state index >= 15 is 0 Å². The average molecular weight is 284 g/mol. The summed E-state index contributed by atoms with van der Waals surface area (Å²) in [6.07, 6.45) is 7.19. The summed E-state index contributed by atoms with van der Waals surface area (Å²) in [5.74, 6) is -0.116. The van der Waals surface area contributed by atoms with Crippen LogP contribution in [0.5, 0.6) is 0 Å². The Kier molecular flexibility index (Phi) is 4.06. The van der Waals surface area contributed by atoms with Crippen molar-refractivity contribution in [2.24, 2.45) is 0 Å². The largest absolute Gasteiger partial charge is 0.391 e. The van der Waals surface area contributed by atoms with Crippen molar-refractivity contribution < 1.29 is 9.90 Å². The molecule has 1 aliphatic carbocycles. The van der Waals surface area contributed by atoms with E-state index in [4.69, 9.17) is 0 Å². The minimum Gasteiger partial charge on any atom is -0.391 e. The lowest BCUT2D eigenvalue weighted by molar-refractivity contribution is 0.0717. The lowest BCUT2D eigenvalue weighted by Gasteiger charge is -2.28. The van der Waals surface area contributed by atoms with E-state index in [-0.39, 0.29) is 11.9 Å². The monoisotopic (exact) mass is 284 g/mol. The van der Waals surface area contributed by atoms with Gasteiger partial charge in [0.15, 0.2) is 0 Å². The molecule has 21 heavy (non-hydrogen) atoms. The van der Waals surface area contributed by atoms with Crippen LogP contribution in [0.2, 0.25) is 0 Å². The first-order valence-corrected chi connectivity index (χ1v) is 7.46. The molecule has 1 aromatic heterocycles. The Morgan fingerprint density at radius 2 is 1.90 bits per heavy atom. The van der Waals surface area contributed by atoms with Gasteiger partial charge in [-0.15, -0.1) is 0 Å². The van der Waals surface area contributed by atoms with Gasteiger partial charge < -0.3 is 15.0 Å². The number of carbonyl (C=O) groups excluding carboxylic acids is 1. The van der Waals surface area contributed by atoms with Crippen LogP contribution in [0, 0.1) is 0 Å². The SMILES string of the molecule is O=C(N[C@@H]1CCCC[C@H]1O)c1cccc(-n2cccc2)c1. The van der Waals surface area contributed by atoms with Gasteiger partial charge in [-0.25, -0.2) is 0 Å². The molecule has 1 amide bonds. The quantitative estimate of drug-likeness (QED) is 0.910. The molecule has 0 radical (unpaired) electrons. The van der Waals surface area contributed by atoms with Crippen LogP contribution in [0.25, 0.3) is 5.69 Å². The highest BCUT2D eigenvalue weighted by molar-refractivity contribution is 5.95. The maximum absolute atomic E-state index is 12.3. The van der Waals surface area contributed by atoms with Crippen molar-refractivity contribution in [2.75, 3.05) is 0 Å². The molecule has 1 heterocycles. The molecular weight excluding hydrogens is 264 g/mol. The first-order chi connectivity index (χ1) is 10.2. The number of aliphatic hydroxyl groups is 1. The summed E-state index contributed by atoms with van der Waals surface area (Å²) in [5, 5.41) is 12.9. The van der Waals surface area contributed by atoms with Crippen LogP contribution < -0.4 is 5.32 Å². The molecule has 110 valence electrons. The highest BCUT2D eigenvalue weighted by atomic mass is 16.3. The van der Waals surface area contributed by atoms with Crippen LogP contribution >= 0.6 is 0 Å². The number of aliphatic hydroxyl groups excluding tert-OH is 1. The van der Waals surface area contributed by atoms with Crippen molar-refractivity contribution >= 4 is 5.91 Å². The number of hydrogen-bond donors (Lipinski definition) is 2. The number of hydrogen-bond acceptors (Lipinski definition) is 2. The molecule has 2 atom stereocenters. The Bertz CT molecular complexity index is 607. The summed E-state index contributed by atoms with van der Waals surface area (Å²) in [6.45, 7) is 0. The Labute approximate surface area is 124 Å². The third-order valence-electron chi connectivity index (χ3n) is 4.06. The Hall–Kier alpha value is -2.07. The van der Waals surface area contributed by atoms with Gasteiger partial charge in [0.2, 0.25) is 0 Å². The molecule has 3 rings (SSSR count). The first kappa shape index (κ1) is 13.9. The first-order valence-electron chi connectivity index (χ1n) is 7.46. The number of amides is 1. The third kappa shape index (κ3) is 3.16. The van der Waals surface area contributed by atoms with Crippen LogP contribution in [0.1, 0.15) is 36.0 Å². The maximum Gasteiger partial charge on any atom is 0.251 e. The van der Waals surface area contributed by atoms with Gasteiger partial charge in [0.05, 0.1) is 12.1 Å². The Balaban J connectivity index is 1.74. The fourth-order valence-corrected chi connectivity index (χ4v) is 2.85. The lowest BCUT2D eigenvalue weighted by Crippen LogP contribution is -2.45. The summed E-state index contributed by atoms with van der Waals surface area (Å²) in [5.41, 5.74) is 1.58. The van der Waals surface area contributed by atoms with Gasteiger partial charge in [-0.05, 0) is 43.2 Å². The molecule has 1 aliphatic rings. The second-order valence-corrected chi connectivity index (χ2v) is 5.57. The number of aromatic nitrogens is 1. The fraction of sp³-hybridized carbons (Fsp3) is 0.353. The zero-order valence-corrected chi connectivity index (χ0v) is 11.9. The molecule has 1 aromatic carbocycles. The second kappa shape index (κ2) is 6.14. The molecule has 0 aliphatic heterocycles. The zero-order chi connectivity index (χ0) is 14.7. The van der Waals surface area contributed by atoms with Crippen molar-refractivity contribution in [2.45, 2.75) is 37.8 Å². The molecule has 1 saturated carbocycles. The number of nitrogens with one attached hydrogen (secondary N) is 1. The normalized spacial score (nSPS) is 22.0. The second-order valence-electron chi connectivity index (χ2n) is 5.57. The predicted octanol–water partition coefficient (Wildman–Crippen LogP) is 2.51. The van der Waals surface area contributed by atoms with Gasteiger partial charge in [-0.3, -0.25) is 4.79 Å². The fourth-order valence-electron chi connectivity index (χ4n) is 2.85. The summed E-state index contributed by atoms with van der Waals surface area (Å²) < 4.78 is 1.96. The third-order valence-corrected chi connectivity index (χ3v) is 4.06. The Morgan fingerprint density at radius 1 is 1.14 bits per heavy atom. The Morgan fingerprint density at radius 3 is 2.67 bits per heavy atom. The summed E-state index contributed by atoms with van der Waals surface area (Å²) in [4.78, 5) is 12.3. The molecule has 4 nitrogen and oxygen atoms in total.